The van der Waals surface area contributed by atoms with Gasteiger partial charge in [0.2, 0.25) is 11.8 Å². The van der Waals surface area contributed by atoms with Crippen LogP contribution in [0.25, 0.3) is 0 Å². The van der Waals surface area contributed by atoms with E-state index in [1.807, 2.05) is 6.92 Å². The van der Waals surface area contributed by atoms with Crippen molar-refractivity contribution < 1.29 is 18.0 Å². The molecule has 1 N–H and O–H groups in total. The molecule has 2 heterocycles. The molecule has 1 aliphatic rings. The zero-order valence-electron chi connectivity index (χ0n) is 13.9. The smallest absolute Gasteiger partial charge is 0.252 e. The maximum Gasteiger partial charge on any atom is 0.252 e. The highest BCUT2D eigenvalue weighted by Crippen LogP contribution is 2.43. The molecule has 0 atom stereocenters. The van der Waals surface area contributed by atoms with Crippen molar-refractivity contribution in [3.05, 3.63) is 6.07 Å². The third-order valence-electron chi connectivity index (χ3n) is 3.46. The van der Waals surface area contributed by atoms with Crippen LogP contribution < -0.4 is 10.2 Å². The van der Waals surface area contributed by atoms with E-state index in [4.69, 9.17) is 0 Å². The second kappa shape index (κ2) is 7.85. The number of sulfonamides is 1. The molecule has 1 aromatic heterocycles. The Morgan fingerprint density at radius 1 is 1.42 bits per heavy atom. The molecular formula is C14H21N3O4S3. The quantitative estimate of drug-likeness (QED) is 0.709. The van der Waals surface area contributed by atoms with E-state index >= 15 is 0 Å². The number of carbonyl (C=O) groups excluding carboxylic acids is 2. The van der Waals surface area contributed by atoms with Crippen molar-refractivity contribution in [2.24, 2.45) is 0 Å². The summed E-state index contributed by atoms with van der Waals surface area (Å²) in [6.07, 6.45) is 1.85. The lowest BCUT2D eigenvalue weighted by atomic mass is 10.3. The Morgan fingerprint density at radius 3 is 2.75 bits per heavy atom. The fraction of sp³-hybridized carbons (Fsp3) is 0.571. The molecule has 0 aliphatic carbocycles. The van der Waals surface area contributed by atoms with Crippen molar-refractivity contribution in [2.45, 2.75) is 28.2 Å². The maximum atomic E-state index is 12.3. The standard InChI is InChI=1S/C14H21N3O4S3/c1-4-5-6-15-11(18)8-17-10-7-13(24(20,21)16(2)3)23-14(10)22-9-12(17)19/h7H,4-6,8-9H2,1-3H3,(H,15,18). The van der Waals surface area contributed by atoms with E-state index in [0.29, 0.717) is 12.2 Å². The number of thiophene rings is 1. The van der Waals surface area contributed by atoms with Crippen molar-refractivity contribution in [1.29, 1.82) is 0 Å². The average molecular weight is 392 g/mol. The molecule has 1 aliphatic heterocycles. The molecular weight excluding hydrogens is 370 g/mol. The van der Waals surface area contributed by atoms with E-state index in [0.717, 1.165) is 32.7 Å². The lowest BCUT2D eigenvalue weighted by molar-refractivity contribution is -0.122. The molecule has 2 amide bonds. The topological polar surface area (TPSA) is 86.8 Å². The normalized spacial score (nSPS) is 14.8. The number of rotatable bonds is 7. The average Bonchev–Trinajstić information content (AvgIpc) is 2.95. The van der Waals surface area contributed by atoms with Gasteiger partial charge < -0.3 is 10.2 Å². The number of hydrogen-bond acceptors (Lipinski definition) is 6. The largest absolute Gasteiger partial charge is 0.355 e. The van der Waals surface area contributed by atoms with E-state index in [-0.39, 0.29) is 28.3 Å². The molecule has 0 fully saturated rings. The fourth-order valence-electron chi connectivity index (χ4n) is 2.06. The van der Waals surface area contributed by atoms with Crippen molar-refractivity contribution in [2.75, 3.05) is 37.8 Å². The first-order valence-electron chi connectivity index (χ1n) is 7.53. The Kier molecular flexibility index (Phi) is 6.29. The molecule has 0 saturated carbocycles. The van der Waals surface area contributed by atoms with Gasteiger partial charge in [-0.05, 0) is 12.5 Å². The van der Waals surface area contributed by atoms with Gasteiger partial charge in [-0.15, -0.1) is 23.1 Å². The van der Waals surface area contributed by atoms with Gasteiger partial charge in [-0.25, -0.2) is 12.7 Å². The lowest BCUT2D eigenvalue weighted by Gasteiger charge is -2.25. The fourth-order valence-corrected chi connectivity index (χ4v) is 5.99. The predicted molar refractivity (Wildman–Crippen MR) is 96.2 cm³/mol. The van der Waals surface area contributed by atoms with Gasteiger partial charge in [0.05, 0.1) is 15.6 Å². The van der Waals surface area contributed by atoms with Crippen LogP contribution in [0.2, 0.25) is 0 Å². The van der Waals surface area contributed by atoms with Crippen molar-refractivity contribution in [1.82, 2.24) is 9.62 Å². The van der Waals surface area contributed by atoms with E-state index in [9.17, 15) is 18.0 Å². The molecule has 0 saturated heterocycles. The molecule has 134 valence electrons. The number of nitrogens with zero attached hydrogens (tertiary/aromatic N) is 2. The monoisotopic (exact) mass is 391 g/mol. The number of nitrogens with one attached hydrogen (secondary N) is 1. The molecule has 0 radical (unpaired) electrons. The van der Waals surface area contributed by atoms with Crippen LogP contribution in [-0.2, 0) is 19.6 Å². The zero-order chi connectivity index (χ0) is 17.9. The summed E-state index contributed by atoms with van der Waals surface area (Å²) in [5.41, 5.74) is 0.507. The summed E-state index contributed by atoms with van der Waals surface area (Å²) in [7, 11) is -0.631. The van der Waals surface area contributed by atoms with E-state index in [1.54, 1.807) is 0 Å². The van der Waals surface area contributed by atoms with Gasteiger partial charge in [0.15, 0.2) is 0 Å². The molecule has 1 aromatic rings. The van der Waals surface area contributed by atoms with Gasteiger partial charge in [0, 0.05) is 20.6 Å². The minimum atomic E-state index is -3.56. The Balaban J connectivity index is 2.22. The second-order valence-corrected chi connectivity index (χ2v) is 10.2. The Hall–Kier alpha value is -1.10. The summed E-state index contributed by atoms with van der Waals surface area (Å²) >= 11 is 2.44. The second-order valence-electron chi connectivity index (χ2n) is 5.50. The maximum absolute atomic E-state index is 12.3. The molecule has 2 rings (SSSR count). The molecule has 7 nitrogen and oxygen atoms in total. The number of fused-ring (bicyclic) bond motifs is 1. The zero-order valence-corrected chi connectivity index (χ0v) is 16.3. The highest BCUT2D eigenvalue weighted by molar-refractivity contribution is 8.02. The van der Waals surface area contributed by atoms with Crippen LogP contribution in [0, 0.1) is 0 Å². The van der Waals surface area contributed by atoms with E-state index in [2.05, 4.69) is 5.32 Å². The minimum absolute atomic E-state index is 0.0890. The first kappa shape index (κ1) is 19.2. The van der Waals surface area contributed by atoms with Gasteiger partial charge in [-0.2, -0.15) is 0 Å². The van der Waals surface area contributed by atoms with Crippen LogP contribution >= 0.6 is 23.1 Å². The van der Waals surface area contributed by atoms with Crippen LogP contribution in [0.15, 0.2) is 14.5 Å². The van der Waals surface area contributed by atoms with Crippen LogP contribution in [-0.4, -0.2) is 57.5 Å². The lowest BCUT2D eigenvalue weighted by Crippen LogP contribution is -2.43. The number of hydrogen-bond donors (Lipinski definition) is 1. The minimum Gasteiger partial charge on any atom is -0.355 e. The van der Waals surface area contributed by atoms with Crippen LogP contribution in [0.3, 0.4) is 0 Å². The number of anilines is 1. The van der Waals surface area contributed by atoms with E-state index < -0.39 is 10.0 Å². The molecule has 0 unspecified atom stereocenters. The van der Waals surface area contributed by atoms with E-state index in [1.165, 1.54) is 36.8 Å². The van der Waals surface area contributed by atoms with Gasteiger partial charge in [0.1, 0.15) is 10.8 Å². The summed E-state index contributed by atoms with van der Waals surface area (Å²) in [6.45, 7) is 2.51. The van der Waals surface area contributed by atoms with Crippen LogP contribution in [0.5, 0.6) is 0 Å². The molecule has 24 heavy (non-hydrogen) atoms. The predicted octanol–water partition coefficient (Wildman–Crippen LogP) is 1.35. The summed E-state index contributed by atoms with van der Waals surface area (Å²) < 4.78 is 26.6. The van der Waals surface area contributed by atoms with Crippen LogP contribution in [0.4, 0.5) is 5.69 Å². The molecule has 0 spiro atoms. The summed E-state index contributed by atoms with van der Waals surface area (Å²) in [5, 5.41) is 2.77. The molecule has 0 aromatic carbocycles. The number of thioether (sulfide) groups is 1. The Morgan fingerprint density at radius 2 is 2.12 bits per heavy atom. The van der Waals surface area contributed by atoms with Crippen molar-refractivity contribution >= 4 is 50.6 Å². The molecule has 10 heteroatoms. The highest BCUT2D eigenvalue weighted by atomic mass is 32.3. The molecule has 0 bridgehead atoms. The van der Waals surface area contributed by atoms with Gasteiger partial charge in [-0.1, -0.05) is 13.3 Å². The summed E-state index contributed by atoms with van der Waals surface area (Å²) in [5.74, 6) is -0.223. The number of unbranched alkanes of at least 4 members (excludes halogenated alkanes) is 1. The third kappa shape index (κ3) is 4.11. The first-order chi connectivity index (χ1) is 11.3. The van der Waals surface area contributed by atoms with Crippen LogP contribution in [0.1, 0.15) is 19.8 Å². The van der Waals surface area contributed by atoms with Gasteiger partial charge in [-0.3, -0.25) is 9.59 Å². The summed E-state index contributed by atoms with van der Waals surface area (Å²) in [6, 6.07) is 1.48. The number of amides is 2. The number of carbonyl (C=O) groups is 2. The highest BCUT2D eigenvalue weighted by Gasteiger charge is 2.32. The SMILES string of the molecule is CCCCNC(=O)CN1C(=O)CSc2sc(S(=O)(=O)N(C)C)cc21. The first-order valence-corrected chi connectivity index (χ1v) is 10.8. The summed E-state index contributed by atoms with van der Waals surface area (Å²) in [4.78, 5) is 25.6. The Labute approximate surface area is 150 Å². The Bertz CT molecular complexity index is 728. The van der Waals surface area contributed by atoms with Gasteiger partial charge >= 0.3 is 0 Å². The van der Waals surface area contributed by atoms with Crippen molar-refractivity contribution in [3.8, 4) is 0 Å². The van der Waals surface area contributed by atoms with Crippen molar-refractivity contribution in [3.63, 3.8) is 0 Å². The third-order valence-corrected chi connectivity index (χ3v) is 8.11. The van der Waals surface area contributed by atoms with Gasteiger partial charge in [0.25, 0.3) is 10.0 Å².